The lowest BCUT2D eigenvalue weighted by molar-refractivity contribution is -0.122. The third kappa shape index (κ3) is 4.36. The van der Waals surface area contributed by atoms with Gasteiger partial charge in [-0.15, -0.1) is 0 Å². The number of carbonyl (C=O) groups excluding carboxylic acids is 3. The fourth-order valence-electron chi connectivity index (χ4n) is 3.56. The summed E-state index contributed by atoms with van der Waals surface area (Å²) < 4.78 is 6.58. The number of rotatable bonds is 6. The number of ether oxygens (including phenoxy) is 1. The molecular formula is C23H21ClN4O4. The van der Waals surface area contributed by atoms with Gasteiger partial charge >= 0.3 is 5.97 Å². The van der Waals surface area contributed by atoms with E-state index in [0.717, 1.165) is 0 Å². The molecule has 1 N–H and O–H groups in total. The van der Waals surface area contributed by atoms with Crippen LogP contribution in [0.15, 0.2) is 60.8 Å². The Morgan fingerprint density at radius 3 is 2.53 bits per heavy atom. The normalized spacial score (nSPS) is 15.6. The maximum Gasteiger partial charge on any atom is 0.343 e. The van der Waals surface area contributed by atoms with E-state index in [4.69, 9.17) is 16.3 Å². The van der Waals surface area contributed by atoms with Crippen molar-refractivity contribution in [3.8, 4) is 5.69 Å². The highest BCUT2D eigenvalue weighted by molar-refractivity contribution is 6.30. The number of benzene rings is 2. The monoisotopic (exact) mass is 452 g/mol. The number of esters is 1. The van der Waals surface area contributed by atoms with Gasteiger partial charge in [-0.2, -0.15) is 5.10 Å². The number of halogens is 1. The van der Waals surface area contributed by atoms with Gasteiger partial charge in [-0.05, 0) is 43.3 Å². The number of nitrogens with one attached hydrogen (secondary N) is 1. The molecule has 1 aromatic heterocycles. The second kappa shape index (κ2) is 9.23. The second-order valence-corrected chi connectivity index (χ2v) is 7.68. The molecule has 2 heterocycles. The number of hydrogen-bond acceptors (Lipinski definition) is 5. The summed E-state index contributed by atoms with van der Waals surface area (Å²) in [6.45, 7) is 2.11. The minimum Gasteiger partial charge on any atom is -0.462 e. The van der Waals surface area contributed by atoms with Gasteiger partial charge < -0.3 is 15.0 Å². The highest BCUT2D eigenvalue weighted by atomic mass is 35.5. The van der Waals surface area contributed by atoms with Gasteiger partial charge in [0.25, 0.3) is 0 Å². The number of anilines is 2. The van der Waals surface area contributed by atoms with Gasteiger partial charge in [-0.1, -0.05) is 29.8 Å². The van der Waals surface area contributed by atoms with Crippen LogP contribution in [0.2, 0.25) is 5.02 Å². The van der Waals surface area contributed by atoms with Crippen molar-refractivity contribution < 1.29 is 19.1 Å². The Hall–Kier alpha value is -3.65. The molecule has 3 aromatic rings. The second-order valence-electron chi connectivity index (χ2n) is 7.25. The fraction of sp³-hybridized carbons (Fsp3) is 0.217. The lowest BCUT2D eigenvalue weighted by atomic mass is 10.1. The van der Waals surface area contributed by atoms with Crippen molar-refractivity contribution in [1.82, 2.24) is 9.78 Å². The summed E-state index contributed by atoms with van der Waals surface area (Å²) >= 11 is 5.93. The molecule has 9 heteroatoms. The summed E-state index contributed by atoms with van der Waals surface area (Å²) in [5, 5.41) is 7.63. The lowest BCUT2D eigenvalue weighted by Crippen LogP contribution is -2.29. The van der Waals surface area contributed by atoms with E-state index >= 15 is 0 Å². The number of nitrogens with zero attached hydrogens (tertiary/aromatic N) is 3. The van der Waals surface area contributed by atoms with Crippen LogP contribution in [-0.2, 0) is 14.3 Å². The Morgan fingerprint density at radius 2 is 1.84 bits per heavy atom. The molecule has 2 aromatic carbocycles. The Bertz CT molecular complexity index is 1140. The van der Waals surface area contributed by atoms with Crippen LogP contribution in [0.5, 0.6) is 0 Å². The van der Waals surface area contributed by atoms with Crippen LogP contribution in [-0.4, -0.2) is 40.7 Å². The quantitative estimate of drug-likeness (QED) is 0.575. The van der Waals surface area contributed by atoms with Gasteiger partial charge in [0.2, 0.25) is 11.8 Å². The minimum absolute atomic E-state index is 0.0582. The summed E-state index contributed by atoms with van der Waals surface area (Å²) in [5.74, 6) is -1.51. The molecule has 0 spiro atoms. The van der Waals surface area contributed by atoms with Crippen LogP contribution >= 0.6 is 11.6 Å². The smallest absolute Gasteiger partial charge is 0.343 e. The van der Waals surface area contributed by atoms with Gasteiger partial charge in [0.15, 0.2) is 5.82 Å². The first-order chi connectivity index (χ1) is 15.5. The topological polar surface area (TPSA) is 93.5 Å². The maximum absolute atomic E-state index is 13.1. The number of aromatic nitrogens is 2. The van der Waals surface area contributed by atoms with Crippen molar-refractivity contribution in [3.05, 3.63) is 71.4 Å². The third-order valence-corrected chi connectivity index (χ3v) is 5.39. The van der Waals surface area contributed by atoms with E-state index in [1.54, 1.807) is 48.2 Å². The van der Waals surface area contributed by atoms with Crippen LogP contribution in [0, 0.1) is 5.92 Å². The first-order valence-corrected chi connectivity index (χ1v) is 10.5. The standard InChI is InChI=1S/C23H21ClN4O4/c1-2-32-23(31)19-13-25-28(18-6-4-3-5-7-18)21(19)26-22(30)15-12-20(29)27(14-15)17-10-8-16(24)9-11-17/h3-11,13,15H,2,12,14H2,1H3,(H,26,30). The summed E-state index contributed by atoms with van der Waals surface area (Å²) in [7, 11) is 0. The van der Waals surface area contributed by atoms with Crippen molar-refractivity contribution >= 4 is 40.9 Å². The van der Waals surface area contributed by atoms with E-state index in [1.165, 1.54) is 10.9 Å². The highest BCUT2D eigenvalue weighted by Gasteiger charge is 2.36. The summed E-state index contributed by atoms with van der Waals surface area (Å²) in [5.41, 5.74) is 1.49. The molecule has 1 atom stereocenters. The lowest BCUT2D eigenvalue weighted by Gasteiger charge is -2.17. The highest BCUT2D eigenvalue weighted by Crippen LogP contribution is 2.28. The van der Waals surface area contributed by atoms with Crippen LogP contribution in [0.4, 0.5) is 11.5 Å². The number of hydrogen-bond donors (Lipinski definition) is 1. The molecule has 32 heavy (non-hydrogen) atoms. The van der Waals surface area contributed by atoms with Gasteiger partial charge in [-0.3, -0.25) is 9.59 Å². The average molecular weight is 453 g/mol. The SMILES string of the molecule is CCOC(=O)c1cnn(-c2ccccc2)c1NC(=O)C1CC(=O)N(c2ccc(Cl)cc2)C1. The molecule has 0 saturated carbocycles. The molecule has 1 aliphatic rings. The molecule has 8 nitrogen and oxygen atoms in total. The summed E-state index contributed by atoms with van der Waals surface area (Å²) in [4.78, 5) is 39.6. The van der Waals surface area contributed by atoms with E-state index in [1.807, 2.05) is 18.2 Å². The van der Waals surface area contributed by atoms with E-state index in [0.29, 0.717) is 16.4 Å². The zero-order chi connectivity index (χ0) is 22.7. The molecule has 1 unspecified atom stereocenters. The van der Waals surface area contributed by atoms with Crippen molar-refractivity contribution in [1.29, 1.82) is 0 Å². The van der Waals surface area contributed by atoms with Crippen LogP contribution in [0.3, 0.4) is 0 Å². The maximum atomic E-state index is 13.1. The first-order valence-electron chi connectivity index (χ1n) is 10.1. The van der Waals surface area contributed by atoms with E-state index in [2.05, 4.69) is 10.4 Å². The average Bonchev–Trinajstić information content (AvgIpc) is 3.39. The van der Waals surface area contributed by atoms with E-state index in [9.17, 15) is 14.4 Å². The number of para-hydroxylation sites is 1. The van der Waals surface area contributed by atoms with Crippen molar-refractivity contribution in [2.45, 2.75) is 13.3 Å². The van der Waals surface area contributed by atoms with Crippen LogP contribution in [0.1, 0.15) is 23.7 Å². The fourth-order valence-corrected chi connectivity index (χ4v) is 3.69. The zero-order valence-electron chi connectivity index (χ0n) is 17.3. The molecule has 164 valence electrons. The first kappa shape index (κ1) is 21.6. The largest absolute Gasteiger partial charge is 0.462 e. The van der Waals surface area contributed by atoms with Gasteiger partial charge in [0, 0.05) is 23.7 Å². The van der Waals surface area contributed by atoms with Crippen molar-refractivity contribution in [2.75, 3.05) is 23.4 Å². The van der Waals surface area contributed by atoms with Gasteiger partial charge in [-0.25, -0.2) is 9.48 Å². The van der Waals surface area contributed by atoms with Crippen molar-refractivity contribution in [2.24, 2.45) is 5.92 Å². The van der Waals surface area contributed by atoms with E-state index in [-0.39, 0.29) is 42.8 Å². The Labute approximate surface area is 189 Å². The number of carbonyl (C=O) groups is 3. The molecular weight excluding hydrogens is 432 g/mol. The molecule has 0 bridgehead atoms. The number of amides is 2. The molecule has 0 aliphatic carbocycles. The summed E-state index contributed by atoms with van der Waals surface area (Å²) in [6, 6.07) is 16.0. The molecule has 1 saturated heterocycles. The Kier molecular flexibility index (Phi) is 6.23. The summed E-state index contributed by atoms with van der Waals surface area (Å²) in [6.07, 6.45) is 1.42. The van der Waals surface area contributed by atoms with Crippen molar-refractivity contribution in [3.63, 3.8) is 0 Å². The molecule has 4 rings (SSSR count). The molecule has 1 fully saturated rings. The van der Waals surface area contributed by atoms with Gasteiger partial charge in [0.05, 0.1) is 24.4 Å². The van der Waals surface area contributed by atoms with Gasteiger partial charge in [0.1, 0.15) is 5.56 Å². The predicted molar refractivity (Wildman–Crippen MR) is 120 cm³/mol. The van der Waals surface area contributed by atoms with E-state index < -0.39 is 11.9 Å². The Balaban J connectivity index is 1.58. The molecule has 2 amide bonds. The third-order valence-electron chi connectivity index (χ3n) is 5.14. The Morgan fingerprint density at radius 1 is 1.12 bits per heavy atom. The predicted octanol–water partition coefficient (Wildman–Crippen LogP) is 3.69. The van der Waals surface area contributed by atoms with Crippen LogP contribution < -0.4 is 10.2 Å². The zero-order valence-corrected chi connectivity index (χ0v) is 18.1. The van der Waals surface area contributed by atoms with Crippen LogP contribution in [0.25, 0.3) is 5.69 Å². The minimum atomic E-state index is -0.590. The molecule has 1 aliphatic heterocycles. The molecule has 0 radical (unpaired) electrons.